The molecule has 2 rings (SSSR count). The Morgan fingerprint density at radius 3 is 2.40 bits per heavy atom. The molecule has 0 fully saturated rings. The lowest BCUT2D eigenvalue weighted by molar-refractivity contribution is -0.143. The van der Waals surface area contributed by atoms with Crippen molar-refractivity contribution in [3.05, 3.63) is 69.7 Å². The van der Waals surface area contributed by atoms with Gasteiger partial charge in [0.2, 0.25) is 0 Å². The Balaban J connectivity index is 2.18. The summed E-state index contributed by atoms with van der Waals surface area (Å²) in [6, 6.07) is 14.3. The minimum atomic E-state index is -0.331. The average molecular weight is 380 g/mol. The van der Waals surface area contributed by atoms with E-state index in [0.29, 0.717) is 28.8 Å². The fraction of sp³-hybridized carbons (Fsp3) is 0.263. The highest BCUT2D eigenvalue weighted by Crippen LogP contribution is 2.23. The standard InChI is InChI=1S/C19H19Cl2NO3/c1-2-25-18(23)10-11-22(13-14-6-4-3-5-7-14)19(24)15-8-9-16(20)17(21)12-15/h3-9,12H,2,10-11,13H2,1H3. The minimum absolute atomic E-state index is 0.133. The van der Waals surface area contributed by atoms with Crippen molar-refractivity contribution in [2.75, 3.05) is 13.2 Å². The third-order valence-corrected chi connectivity index (χ3v) is 4.30. The van der Waals surface area contributed by atoms with Gasteiger partial charge in [-0.25, -0.2) is 0 Å². The SMILES string of the molecule is CCOC(=O)CCN(Cc1ccccc1)C(=O)c1ccc(Cl)c(Cl)c1. The van der Waals surface area contributed by atoms with E-state index >= 15 is 0 Å². The second-order valence-electron chi connectivity index (χ2n) is 5.40. The van der Waals surface area contributed by atoms with Gasteiger partial charge < -0.3 is 9.64 Å². The van der Waals surface area contributed by atoms with Gasteiger partial charge in [-0.05, 0) is 30.7 Å². The molecule has 0 bridgehead atoms. The van der Waals surface area contributed by atoms with Crippen LogP contribution >= 0.6 is 23.2 Å². The van der Waals surface area contributed by atoms with Gasteiger partial charge >= 0.3 is 5.97 Å². The van der Waals surface area contributed by atoms with Crippen LogP contribution in [0.3, 0.4) is 0 Å². The Morgan fingerprint density at radius 1 is 1.04 bits per heavy atom. The van der Waals surface area contributed by atoms with E-state index in [2.05, 4.69) is 0 Å². The van der Waals surface area contributed by atoms with E-state index in [4.69, 9.17) is 27.9 Å². The van der Waals surface area contributed by atoms with Gasteiger partial charge in [0.05, 0.1) is 23.1 Å². The van der Waals surface area contributed by atoms with Gasteiger partial charge in [-0.2, -0.15) is 0 Å². The van der Waals surface area contributed by atoms with Crippen LogP contribution in [0.4, 0.5) is 0 Å². The summed E-state index contributed by atoms with van der Waals surface area (Å²) in [6.45, 7) is 2.71. The summed E-state index contributed by atoms with van der Waals surface area (Å²) in [4.78, 5) is 26.1. The van der Waals surface area contributed by atoms with Gasteiger partial charge in [0.25, 0.3) is 5.91 Å². The monoisotopic (exact) mass is 379 g/mol. The first-order valence-electron chi connectivity index (χ1n) is 7.95. The molecule has 4 nitrogen and oxygen atoms in total. The molecule has 0 saturated heterocycles. The zero-order valence-corrected chi connectivity index (χ0v) is 15.4. The van der Waals surface area contributed by atoms with Crippen LogP contribution in [-0.2, 0) is 16.1 Å². The summed E-state index contributed by atoms with van der Waals surface area (Å²) < 4.78 is 4.95. The number of nitrogens with zero attached hydrogens (tertiary/aromatic N) is 1. The molecular formula is C19H19Cl2NO3. The smallest absolute Gasteiger partial charge is 0.307 e. The van der Waals surface area contributed by atoms with E-state index in [1.54, 1.807) is 24.0 Å². The van der Waals surface area contributed by atoms with Gasteiger partial charge in [-0.3, -0.25) is 9.59 Å². The summed E-state index contributed by atoms with van der Waals surface area (Å²) in [5.41, 5.74) is 1.40. The fourth-order valence-corrected chi connectivity index (χ4v) is 2.63. The number of halogens is 2. The summed E-state index contributed by atoms with van der Waals surface area (Å²) in [6.07, 6.45) is 0.133. The lowest BCUT2D eigenvalue weighted by Gasteiger charge is -2.23. The molecule has 132 valence electrons. The van der Waals surface area contributed by atoms with E-state index in [-0.39, 0.29) is 24.8 Å². The van der Waals surface area contributed by atoms with E-state index in [9.17, 15) is 9.59 Å². The molecule has 2 aromatic rings. The van der Waals surface area contributed by atoms with E-state index in [1.165, 1.54) is 6.07 Å². The molecule has 25 heavy (non-hydrogen) atoms. The van der Waals surface area contributed by atoms with Crippen molar-refractivity contribution in [3.8, 4) is 0 Å². The van der Waals surface area contributed by atoms with Gasteiger partial charge in [0.15, 0.2) is 0 Å². The van der Waals surface area contributed by atoms with Crippen LogP contribution in [0.1, 0.15) is 29.3 Å². The van der Waals surface area contributed by atoms with Crippen molar-refractivity contribution >= 4 is 35.1 Å². The molecule has 0 heterocycles. The van der Waals surface area contributed by atoms with Crippen molar-refractivity contribution in [2.24, 2.45) is 0 Å². The van der Waals surface area contributed by atoms with E-state index in [1.807, 2.05) is 30.3 Å². The number of hydrogen-bond donors (Lipinski definition) is 0. The number of ether oxygens (including phenoxy) is 1. The maximum absolute atomic E-state index is 12.9. The maximum atomic E-state index is 12.9. The molecular weight excluding hydrogens is 361 g/mol. The zero-order chi connectivity index (χ0) is 18.2. The molecule has 0 spiro atoms. The first-order valence-corrected chi connectivity index (χ1v) is 8.70. The molecule has 0 aromatic heterocycles. The van der Waals surface area contributed by atoms with Crippen LogP contribution in [0, 0.1) is 0 Å². The van der Waals surface area contributed by atoms with E-state index < -0.39 is 0 Å². The number of amides is 1. The Kier molecular flexibility index (Phi) is 7.29. The van der Waals surface area contributed by atoms with Crippen LogP contribution in [-0.4, -0.2) is 29.9 Å². The van der Waals surface area contributed by atoms with Crippen LogP contribution in [0.2, 0.25) is 10.0 Å². The molecule has 2 aromatic carbocycles. The van der Waals surface area contributed by atoms with Crippen molar-refractivity contribution in [1.82, 2.24) is 4.90 Å². The van der Waals surface area contributed by atoms with Crippen LogP contribution < -0.4 is 0 Å². The molecule has 0 aliphatic heterocycles. The normalized spacial score (nSPS) is 10.4. The third-order valence-electron chi connectivity index (χ3n) is 3.56. The highest BCUT2D eigenvalue weighted by molar-refractivity contribution is 6.42. The maximum Gasteiger partial charge on any atom is 0.307 e. The highest BCUT2D eigenvalue weighted by Gasteiger charge is 2.18. The Labute approximate surface area is 157 Å². The second kappa shape index (κ2) is 9.44. The molecule has 1 amide bonds. The molecule has 6 heteroatoms. The predicted octanol–water partition coefficient (Wildman–Crippen LogP) is 4.59. The van der Waals surface area contributed by atoms with Crippen molar-refractivity contribution in [2.45, 2.75) is 19.9 Å². The second-order valence-corrected chi connectivity index (χ2v) is 6.21. The lowest BCUT2D eigenvalue weighted by Crippen LogP contribution is -2.33. The van der Waals surface area contributed by atoms with Gasteiger partial charge in [0.1, 0.15) is 0 Å². The number of carbonyl (C=O) groups excluding carboxylic acids is 2. The van der Waals surface area contributed by atoms with Gasteiger partial charge in [-0.15, -0.1) is 0 Å². The quantitative estimate of drug-likeness (QED) is 0.660. The van der Waals surface area contributed by atoms with Gasteiger partial charge in [-0.1, -0.05) is 53.5 Å². The summed E-state index contributed by atoms with van der Waals surface area (Å²) in [5.74, 6) is -0.547. The fourth-order valence-electron chi connectivity index (χ4n) is 2.33. The number of esters is 1. The summed E-state index contributed by atoms with van der Waals surface area (Å²) in [7, 11) is 0. The first-order chi connectivity index (χ1) is 12.0. The predicted molar refractivity (Wildman–Crippen MR) is 98.9 cm³/mol. The molecule has 0 saturated carbocycles. The Bertz CT molecular complexity index is 735. The minimum Gasteiger partial charge on any atom is -0.466 e. The molecule has 0 N–H and O–H groups in total. The van der Waals surface area contributed by atoms with Crippen LogP contribution in [0.5, 0.6) is 0 Å². The summed E-state index contributed by atoms with van der Waals surface area (Å²) in [5, 5.41) is 0.705. The zero-order valence-electron chi connectivity index (χ0n) is 13.9. The molecule has 0 unspecified atom stereocenters. The number of benzene rings is 2. The van der Waals surface area contributed by atoms with Crippen LogP contribution in [0.25, 0.3) is 0 Å². The van der Waals surface area contributed by atoms with Crippen molar-refractivity contribution < 1.29 is 14.3 Å². The Morgan fingerprint density at radius 2 is 1.76 bits per heavy atom. The molecule has 0 radical (unpaired) electrons. The average Bonchev–Trinajstić information content (AvgIpc) is 2.61. The van der Waals surface area contributed by atoms with Crippen molar-refractivity contribution in [3.63, 3.8) is 0 Å². The first kappa shape index (κ1) is 19.3. The molecule has 0 aliphatic carbocycles. The number of rotatable bonds is 7. The Hall–Kier alpha value is -2.04. The van der Waals surface area contributed by atoms with Crippen LogP contribution in [0.15, 0.2) is 48.5 Å². The third kappa shape index (κ3) is 5.76. The number of hydrogen-bond acceptors (Lipinski definition) is 3. The van der Waals surface area contributed by atoms with E-state index in [0.717, 1.165) is 5.56 Å². The topological polar surface area (TPSA) is 46.6 Å². The largest absolute Gasteiger partial charge is 0.466 e. The molecule has 0 atom stereocenters. The summed E-state index contributed by atoms with van der Waals surface area (Å²) >= 11 is 11.9. The molecule has 0 aliphatic rings. The van der Waals surface area contributed by atoms with Crippen molar-refractivity contribution in [1.29, 1.82) is 0 Å². The highest BCUT2D eigenvalue weighted by atomic mass is 35.5. The number of carbonyl (C=O) groups is 2. The van der Waals surface area contributed by atoms with Gasteiger partial charge in [0, 0.05) is 18.7 Å². The lowest BCUT2D eigenvalue weighted by atomic mass is 10.1.